The second-order valence-electron chi connectivity index (χ2n) is 7.75. The van der Waals surface area contributed by atoms with E-state index in [4.69, 9.17) is 9.47 Å². The molecule has 10 heteroatoms. The Hall–Kier alpha value is -3.17. The molecule has 0 fully saturated rings. The molecule has 1 aromatic rings. The summed E-state index contributed by atoms with van der Waals surface area (Å²) in [7, 11) is 1.07. The van der Waals surface area contributed by atoms with Crippen LogP contribution in [0.5, 0.6) is 0 Å². The number of carbonyl (C=O) groups excluding carboxylic acids is 3. The van der Waals surface area contributed by atoms with Crippen molar-refractivity contribution in [1.82, 2.24) is 0 Å². The summed E-state index contributed by atoms with van der Waals surface area (Å²) in [6, 6.07) is 3.03. The van der Waals surface area contributed by atoms with Crippen LogP contribution in [0.15, 0.2) is 18.2 Å². The van der Waals surface area contributed by atoms with Crippen LogP contribution < -0.4 is 4.90 Å². The number of carbonyl (C=O) groups is 3. The van der Waals surface area contributed by atoms with Gasteiger partial charge in [0.25, 0.3) is 5.69 Å². The van der Waals surface area contributed by atoms with E-state index in [-0.39, 0.29) is 11.3 Å². The van der Waals surface area contributed by atoms with Gasteiger partial charge in [-0.1, -0.05) is 0 Å². The molecule has 28 heavy (non-hydrogen) atoms. The average Bonchev–Trinajstić information content (AvgIpc) is 2.50. The number of non-ortho nitro benzene ring substituents is 1. The van der Waals surface area contributed by atoms with Crippen LogP contribution >= 0.6 is 0 Å². The molecule has 1 aromatic carbocycles. The van der Waals surface area contributed by atoms with Crippen molar-refractivity contribution in [2.24, 2.45) is 0 Å². The zero-order chi connectivity index (χ0) is 21.9. The van der Waals surface area contributed by atoms with Crippen molar-refractivity contribution < 1.29 is 33.5 Å². The predicted molar refractivity (Wildman–Crippen MR) is 99.4 cm³/mol. The van der Waals surface area contributed by atoms with E-state index in [1.807, 2.05) is 0 Å². The number of nitro groups is 1. The van der Waals surface area contributed by atoms with Gasteiger partial charge >= 0.3 is 18.2 Å². The van der Waals surface area contributed by atoms with Crippen LogP contribution in [0.4, 0.5) is 21.0 Å². The third-order valence-corrected chi connectivity index (χ3v) is 2.99. The number of rotatable bonds is 3. The molecule has 2 amide bonds. The molecule has 0 N–H and O–H groups in total. The van der Waals surface area contributed by atoms with E-state index in [0.29, 0.717) is 4.90 Å². The van der Waals surface area contributed by atoms with Gasteiger partial charge < -0.3 is 14.2 Å². The molecule has 0 aromatic heterocycles. The van der Waals surface area contributed by atoms with E-state index >= 15 is 0 Å². The minimum Gasteiger partial charge on any atom is -0.465 e. The van der Waals surface area contributed by atoms with Gasteiger partial charge in [-0.05, 0) is 47.6 Å². The molecule has 0 unspecified atom stereocenters. The number of amides is 2. The average molecular weight is 396 g/mol. The van der Waals surface area contributed by atoms with Gasteiger partial charge in [0.2, 0.25) is 0 Å². The number of hydrogen-bond acceptors (Lipinski definition) is 8. The Bertz CT molecular complexity index is 762. The quantitative estimate of drug-likeness (QED) is 0.324. The highest BCUT2D eigenvalue weighted by Gasteiger charge is 2.35. The first-order chi connectivity index (χ1) is 12.7. The van der Waals surface area contributed by atoms with Gasteiger partial charge in [-0.3, -0.25) is 10.1 Å². The Labute approximate surface area is 162 Å². The lowest BCUT2D eigenvalue weighted by atomic mass is 10.1. The van der Waals surface area contributed by atoms with E-state index in [1.165, 1.54) is 0 Å². The fraction of sp³-hybridized carbons (Fsp3) is 0.500. The number of ether oxygens (including phenoxy) is 3. The third-order valence-electron chi connectivity index (χ3n) is 2.99. The third kappa shape index (κ3) is 6.22. The molecule has 0 radical (unpaired) electrons. The number of hydrogen-bond donors (Lipinski definition) is 0. The lowest BCUT2D eigenvalue weighted by Gasteiger charge is -2.29. The number of benzene rings is 1. The number of anilines is 1. The van der Waals surface area contributed by atoms with Crippen molar-refractivity contribution in [1.29, 1.82) is 0 Å². The molecule has 0 bridgehead atoms. The Morgan fingerprint density at radius 2 is 1.43 bits per heavy atom. The van der Waals surface area contributed by atoms with Gasteiger partial charge in [0.05, 0.1) is 23.3 Å². The standard InChI is InChI=1S/C18H24N2O8/c1-17(2,3)27-15(22)19(16(23)28-18(4,5)6)13-9-8-11(20(24)25)10-12(13)14(21)26-7/h8-10H,1-7H3. The first kappa shape index (κ1) is 22.9. The predicted octanol–water partition coefficient (Wildman–Crippen LogP) is 4.06. The molecule has 0 aliphatic heterocycles. The molecule has 0 saturated heterocycles. The van der Waals surface area contributed by atoms with Crippen molar-refractivity contribution in [3.63, 3.8) is 0 Å². The minimum absolute atomic E-state index is 0.263. The van der Waals surface area contributed by atoms with Gasteiger partial charge in [-0.2, -0.15) is 4.90 Å². The first-order valence-electron chi connectivity index (χ1n) is 8.29. The number of imide groups is 1. The minimum atomic E-state index is -1.11. The molecular formula is C18H24N2O8. The Morgan fingerprint density at radius 1 is 0.964 bits per heavy atom. The lowest BCUT2D eigenvalue weighted by molar-refractivity contribution is -0.384. The zero-order valence-electron chi connectivity index (χ0n) is 16.9. The maximum atomic E-state index is 12.7. The number of nitro benzene ring substituents is 1. The topological polar surface area (TPSA) is 125 Å². The van der Waals surface area contributed by atoms with E-state index in [2.05, 4.69) is 4.74 Å². The van der Waals surface area contributed by atoms with Crippen LogP contribution in [0.2, 0.25) is 0 Å². The fourth-order valence-corrected chi connectivity index (χ4v) is 1.99. The van der Waals surface area contributed by atoms with Crippen molar-refractivity contribution >= 4 is 29.5 Å². The summed E-state index contributed by atoms with van der Waals surface area (Å²) < 4.78 is 15.1. The van der Waals surface area contributed by atoms with Gasteiger partial charge in [-0.15, -0.1) is 0 Å². The summed E-state index contributed by atoms with van der Waals surface area (Å²) in [5.41, 5.74) is -2.96. The Morgan fingerprint density at radius 3 is 1.79 bits per heavy atom. The summed E-state index contributed by atoms with van der Waals surface area (Å²) in [5, 5.41) is 11.0. The second kappa shape index (κ2) is 8.24. The van der Waals surface area contributed by atoms with Gasteiger partial charge in [-0.25, -0.2) is 14.4 Å². The molecule has 0 aliphatic rings. The van der Waals surface area contributed by atoms with Crippen LogP contribution in [0, 0.1) is 10.1 Å². The van der Waals surface area contributed by atoms with Gasteiger partial charge in [0.15, 0.2) is 0 Å². The van der Waals surface area contributed by atoms with Gasteiger partial charge in [0, 0.05) is 12.1 Å². The molecule has 0 aliphatic carbocycles. The van der Waals surface area contributed by atoms with Crippen LogP contribution in [-0.4, -0.2) is 41.4 Å². The highest BCUT2D eigenvalue weighted by Crippen LogP contribution is 2.29. The summed E-state index contributed by atoms with van der Waals surface area (Å²) in [6.45, 7) is 9.55. The summed E-state index contributed by atoms with van der Waals surface area (Å²) in [4.78, 5) is 48.4. The van der Waals surface area contributed by atoms with Crippen molar-refractivity contribution in [3.8, 4) is 0 Å². The molecule has 0 atom stereocenters. The Kier molecular flexibility index (Phi) is 6.73. The number of methoxy groups -OCH3 is 1. The molecular weight excluding hydrogens is 372 g/mol. The van der Waals surface area contributed by atoms with Crippen molar-refractivity contribution in [2.75, 3.05) is 12.0 Å². The maximum absolute atomic E-state index is 12.7. The molecule has 10 nitrogen and oxygen atoms in total. The van der Waals surface area contributed by atoms with Crippen molar-refractivity contribution in [3.05, 3.63) is 33.9 Å². The molecule has 0 heterocycles. The van der Waals surface area contributed by atoms with E-state index in [0.717, 1.165) is 25.3 Å². The largest absolute Gasteiger partial charge is 0.465 e. The summed E-state index contributed by atoms with van der Waals surface area (Å²) in [5.74, 6) is -0.976. The van der Waals surface area contributed by atoms with Crippen LogP contribution in [0.1, 0.15) is 51.9 Å². The van der Waals surface area contributed by atoms with Crippen LogP contribution in [0.25, 0.3) is 0 Å². The highest BCUT2D eigenvalue weighted by atomic mass is 16.6. The zero-order valence-corrected chi connectivity index (χ0v) is 16.9. The first-order valence-corrected chi connectivity index (χ1v) is 8.29. The number of nitrogens with zero attached hydrogens (tertiary/aromatic N) is 2. The van der Waals surface area contributed by atoms with Crippen LogP contribution in [-0.2, 0) is 14.2 Å². The highest BCUT2D eigenvalue weighted by molar-refractivity contribution is 6.13. The lowest BCUT2D eigenvalue weighted by Crippen LogP contribution is -2.44. The number of esters is 1. The normalized spacial score (nSPS) is 11.4. The molecule has 1 rings (SSSR count). The van der Waals surface area contributed by atoms with E-state index in [9.17, 15) is 24.5 Å². The van der Waals surface area contributed by atoms with E-state index < -0.39 is 40.0 Å². The van der Waals surface area contributed by atoms with Gasteiger partial charge in [0.1, 0.15) is 11.2 Å². The Balaban J connectivity index is 3.59. The smallest absolute Gasteiger partial charge is 0.424 e. The van der Waals surface area contributed by atoms with E-state index in [1.54, 1.807) is 41.5 Å². The fourth-order valence-electron chi connectivity index (χ4n) is 1.99. The van der Waals surface area contributed by atoms with Crippen molar-refractivity contribution in [2.45, 2.75) is 52.7 Å². The maximum Gasteiger partial charge on any atom is 0.424 e. The SMILES string of the molecule is COC(=O)c1cc([N+](=O)[O-])ccc1N(C(=O)OC(C)(C)C)C(=O)OC(C)(C)C. The second-order valence-corrected chi connectivity index (χ2v) is 7.75. The summed E-state index contributed by atoms with van der Waals surface area (Å²) >= 11 is 0. The van der Waals surface area contributed by atoms with Crippen LogP contribution in [0.3, 0.4) is 0 Å². The molecule has 154 valence electrons. The monoisotopic (exact) mass is 396 g/mol. The summed E-state index contributed by atoms with van der Waals surface area (Å²) in [6.07, 6.45) is -2.22. The molecule has 0 saturated carbocycles. The molecule has 0 spiro atoms.